The van der Waals surface area contributed by atoms with E-state index in [-0.39, 0.29) is 11.7 Å². The molecule has 0 saturated heterocycles. The first-order valence-corrected chi connectivity index (χ1v) is 47.4. The Morgan fingerprint density at radius 3 is 0.926 bits per heavy atom. The molecule has 0 fully saturated rings. The average molecular weight is 1820 g/mol. The zero-order chi connectivity index (χ0) is 97.9. The summed E-state index contributed by atoms with van der Waals surface area (Å²) in [6.45, 7) is 54.9. The summed E-state index contributed by atoms with van der Waals surface area (Å²) in [7, 11) is 0. The van der Waals surface area contributed by atoms with Crippen LogP contribution in [0.5, 0.6) is 0 Å². The molecule has 21 rings (SSSR count). The number of fused-ring (bicyclic) bond motifs is 10. The van der Waals surface area contributed by atoms with Crippen molar-refractivity contribution in [3.8, 4) is 11.1 Å². The highest BCUT2D eigenvalue weighted by Crippen LogP contribution is 2.27. The summed E-state index contributed by atoms with van der Waals surface area (Å²) in [5, 5.41) is 2.75. The van der Waals surface area contributed by atoms with E-state index in [0.29, 0.717) is 59.2 Å². The molecule has 136 heavy (non-hydrogen) atoms. The fourth-order valence-corrected chi connectivity index (χ4v) is 14.5. The van der Waals surface area contributed by atoms with Crippen LogP contribution in [0.4, 0.5) is 10.1 Å². The highest BCUT2D eigenvalue weighted by atomic mass is 19.1. The van der Waals surface area contributed by atoms with Crippen molar-refractivity contribution in [2.75, 3.05) is 5.32 Å². The van der Waals surface area contributed by atoms with Crippen molar-refractivity contribution >= 4 is 68.1 Å². The number of halogens is 1. The topological polar surface area (TPSA) is 202 Å². The molecule has 0 spiro atoms. The predicted molar refractivity (Wildman–Crippen MR) is 556 cm³/mol. The van der Waals surface area contributed by atoms with Gasteiger partial charge in [0.05, 0.1) is 56.9 Å². The van der Waals surface area contributed by atoms with Crippen molar-refractivity contribution in [1.82, 2.24) is 93.8 Å². The second kappa shape index (κ2) is 46.0. The molecule has 1 aromatic carbocycles. The van der Waals surface area contributed by atoms with Gasteiger partial charge in [0.2, 0.25) is 5.91 Å². The number of aromatic nitrogens is 20. The largest absolute Gasteiger partial charge is 0.325 e. The minimum absolute atomic E-state index is 0.0662. The molecule has 0 atom stereocenters. The van der Waals surface area contributed by atoms with E-state index in [0.717, 1.165) is 113 Å². The lowest BCUT2D eigenvalue weighted by Gasteiger charge is -2.03. The molecular weight excluding hydrogens is 1690 g/mol. The first-order valence-electron chi connectivity index (χ1n) is 47.4. The van der Waals surface area contributed by atoms with Gasteiger partial charge in [0.15, 0.2) is 0 Å². The van der Waals surface area contributed by atoms with Crippen molar-refractivity contribution in [2.45, 2.75) is 239 Å². The third kappa shape index (κ3) is 27.2. The number of amides is 1. The Kier molecular flexibility index (Phi) is 34.0. The van der Waals surface area contributed by atoms with Crippen LogP contribution >= 0.6 is 0 Å². The van der Waals surface area contributed by atoms with E-state index in [2.05, 4.69) is 447 Å². The number of nitrogens with zero attached hydrogens (tertiary/aromatic N) is 20. The van der Waals surface area contributed by atoms with Gasteiger partial charge in [-0.2, -0.15) is 0 Å². The number of nitrogens with one attached hydrogen (secondary N) is 1. The van der Waals surface area contributed by atoms with Crippen LogP contribution in [0.2, 0.25) is 0 Å². The number of rotatable bonds is 12. The summed E-state index contributed by atoms with van der Waals surface area (Å²) in [5.74, 6) is 4.48. The Bertz CT molecular complexity index is 6760. The zero-order valence-electron chi connectivity index (χ0n) is 84.1. The summed E-state index contributed by atoms with van der Waals surface area (Å²) < 4.78 is 33.2. The van der Waals surface area contributed by atoms with Gasteiger partial charge in [-0.3, -0.25) is 4.79 Å². The molecule has 0 saturated carbocycles. The molecule has 0 radical (unpaired) electrons. The number of benzene rings is 1. The third-order valence-corrected chi connectivity index (χ3v) is 22.6. The van der Waals surface area contributed by atoms with Crippen molar-refractivity contribution in [3.05, 3.63) is 378 Å². The van der Waals surface area contributed by atoms with Crippen molar-refractivity contribution in [1.29, 1.82) is 0 Å². The first kappa shape index (κ1) is 101. The second-order valence-electron chi connectivity index (χ2n) is 38.0. The lowest BCUT2D eigenvalue weighted by Crippen LogP contribution is -2.06. The van der Waals surface area contributed by atoms with E-state index in [9.17, 15) is 9.18 Å². The molecule has 1 N–H and O–H groups in total. The highest BCUT2D eigenvalue weighted by Gasteiger charge is 2.15. The van der Waals surface area contributed by atoms with Crippen molar-refractivity contribution < 1.29 is 9.18 Å². The van der Waals surface area contributed by atoms with E-state index in [1.807, 2.05) is 90.0 Å². The van der Waals surface area contributed by atoms with Gasteiger partial charge in [0, 0.05) is 137 Å². The lowest BCUT2D eigenvalue weighted by atomic mass is 10.1. The molecule has 20 aromatic heterocycles. The van der Waals surface area contributed by atoms with Crippen molar-refractivity contribution in [2.24, 2.45) is 0 Å². The monoisotopic (exact) mass is 1820 g/mol. The molecule has 21 aromatic rings. The molecule has 0 aliphatic carbocycles. The number of carbonyl (C=O) groups is 1. The van der Waals surface area contributed by atoms with Gasteiger partial charge >= 0.3 is 0 Å². The van der Waals surface area contributed by atoms with Crippen LogP contribution in [-0.2, 0) is 4.79 Å². The molecule has 0 aliphatic rings. The summed E-state index contributed by atoms with van der Waals surface area (Å²) in [6.07, 6.45) is 40.5. The number of aryl methyl sites for hydroxylation is 5. The summed E-state index contributed by atoms with van der Waals surface area (Å²) >= 11 is 0. The SMILES string of the molecule is CC(=O)Nc1ccc2nc(C(C)C)cn2c1.CC(C)c1cn2cc(-c3ccccc3)ccc2n1.CC(C)c1cn2cc(F)ccc2n1.CC(C)c1cn2ccccc2n1.CC(C)c1cnc2ccccn12.Cc1ccc2nc(C(C)C)cn2c1.Cc1ccc2nc(C(C)C)cn2c1.Cc1ccc2nc(C(C)C)cn2c1.Cc1ccc2nc(C(C)C)cn2c1.Cc1ccn2cc(C(C)C)nc2c1. The van der Waals surface area contributed by atoms with Crippen LogP contribution in [0.3, 0.4) is 0 Å². The summed E-state index contributed by atoms with van der Waals surface area (Å²) in [4.78, 5) is 55.7. The Morgan fingerprint density at radius 1 is 0.257 bits per heavy atom. The molecule has 22 nitrogen and oxygen atoms in total. The van der Waals surface area contributed by atoms with Gasteiger partial charge in [-0.05, 0) is 230 Å². The number of anilines is 1. The minimum atomic E-state index is -0.236. The number of imidazole rings is 10. The molecule has 0 bridgehead atoms. The fourth-order valence-electron chi connectivity index (χ4n) is 14.5. The smallest absolute Gasteiger partial charge is 0.221 e. The average Bonchev–Trinajstić information content (AvgIpc) is 1.59. The summed E-state index contributed by atoms with van der Waals surface area (Å²) in [5.41, 5.74) is 30.9. The van der Waals surface area contributed by atoms with E-state index in [4.69, 9.17) is 0 Å². The van der Waals surface area contributed by atoms with Crippen LogP contribution in [0, 0.1) is 40.4 Å². The number of hydrogen-bond acceptors (Lipinski definition) is 11. The van der Waals surface area contributed by atoms with Crippen LogP contribution < -0.4 is 5.32 Å². The van der Waals surface area contributed by atoms with Gasteiger partial charge in [0.1, 0.15) is 62.3 Å². The number of hydrogen-bond donors (Lipinski definition) is 1. The normalized spacial score (nSPS) is 11.3. The van der Waals surface area contributed by atoms with Gasteiger partial charge in [-0.25, -0.2) is 54.2 Å². The van der Waals surface area contributed by atoms with Crippen LogP contribution in [0.1, 0.15) is 289 Å². The zero-order valence-corrected chi connectivity index (χ0v) is 84.1. The van der Waals surface area contributed by atoms with Gasteiger partial charge in [-0.1, -0.05) is 205 Å². The highest BCUT2D eigenvalue weighted by molar-refractivity contribution is 5.88. The van der Waals surface area contributed by atoms with Crippen LogP contribution in [-0.4, -0.2) is 99.8 Å². The first-order chi connectivity index (χ1) is 64.8. The van der Waals surface area contributed by atoms with E-state index < -0.39 is 0 Å². The molecule has 0 unspecified atom stereocenters. The fraction of sp³-hybridized carbons (Fsp3) is 0.319. The Morgan fingerprint density at radius 2 is 0.559 bits per heavy atom. The molecule has 0 aliphatic heterocycles. The minimum Gasteiger partial charge on any atom is -0.325 e. The number of pyridine rings is 10. The lowest BCUT2D eigenvalue weighted by molar-refractivity contribution is -0.114. The quantitative estimate of drug-likeness (QED) is 0.122. The predicted octanol–water partition coefficient (Wildman–Crippen LogP) is 27.9. The maximum absolute atomic E-state index is 12.8. The maximum atomic E-state index is 12.8. The van der Waals surface area contributed by atoms with Crippen LogP contribution in [0.25, 0.3) is 67.6 Å². The summed E-state index contributed by atoms with van der Waals surface area (Å²) in [6, 6.07) is 54.4. The van der Waals surface area contributed by atoms with E-state index in [1.54, 1.807) is 10.5 Å². The van der Waals surface area contributed by atoms with Gasteiger partial charge < -0.3 is 49.3 Å². The molecule has 1 amide bonds. The van der Waals surface area contributed by atoms with Gasteiger partial charge in [0.25, 0.3) is 0 Å². The number of carbonyl (C=O) groups excluding carboxylic acids is 1. The Labute approximate surface area is 800 Å². The van der Waals surface area contributed by atoms with Crippen molar-refractivity contribution in [3.63, 3.8) is 0 Å². The third-order valence-electron chi connectivity index (χ3n) is 22.6. The Balaban J connectivity index is 0.000000136. The Hall–Kier alpha value is -14.5. The maximum Gasteiger partial charge on any atom is 0.221 e. The van der Waals surface area contributed by atoms with E-state index >= 15 is 0 Å². The van der Waals surface area contributed by atoms with Crippen LogP contribution in [0.15, 0.2) is 288 Å². The van der Waals surface area contributed by atoms with E-state index in [1.165, 1.54) is 63.8 Å². The van der Waals surface area contributed by atoms with Gasteiger partial charge in [-0.15, -0.1) is 0 Å². The molecule has 20 heterocycles. The standard InChI is InChI=1S/C16H16N2.C12H15N3O.5C11H14N2.C10H11FN2.2C10H12N2/c1-12(2)15-11-18-10-14(8-9-16(18)17-15)13-6-4-3-5-7-13;1-8(2)11-7-15-6-10(13-9(3)16)4-5-12(15)14-11;1-8(2)10-7-13-5-4-9(3)6-11(13)12-10;4*1-8(2)10-7-13-6-9(3)4-5-11(13)12-10;1-7(2)9-6-13-5-8(11)3-4-10(13)12-9;1-8(2)9-7-12-6-4-3-5-10(12)11-9;1-8(2)9-7-11-10-5-3-4-6-12(9)10/h3-12H,1-2H3;4-8H,1-3H3,(H,13,16);5*4-8H,1-3H3;3-7H,1-2H3;2*3-8H,1-2H3. The molecule has 706 valence electrons. The molecular formula is C113H136FN21O. The second-order valence-corrected chi connectivity index (χ2v) is 38.0. The molecule has 23 heteroatoms.